The number of anilines is 1. The van der Waals surface area contributed by atoms with Gasteiger partial charge >= 0.3 is 5.97 Å². The zero-order valence-corrected chi connectivity index (χ0v) is 21.1. The Labute approximate surface area is 209 Å². The second-order valence-electron chi connectivity index (χ2n) is 9.42. The highest BCUT2D eigenvalue weighted by molar-refractivity contribution is 6.34. The first-order chi connectivity index (χ1) is 17.1. The predicted molar refractivity (Wildman–Crippen MR) is 140 cm³/mol. The molecule has 188 valence electrons. The van der Waals surface area contributed by atoms with Gasteiger partial charge in [0.1, 0.15) is 0 Å². The number of esters is 1. The van der Waals surface area contributed by atoms with Crippen molar-refractivity contribution in [3.63, 3.8) is 0 Å². The molecule has 0 fully saturated rings. The summed E-state index contributed by atoms with van der Waals surface area (Å²) in [6.45, 7) is 2.63. The Hall–Kier alpha value is -2.95. The van der Waals surface area contributed by atoms with Crippen LogP contribution in [-0.4, -0.2) is 24.4 Å². The molecular formula is C30H39NO4. The molecule has 0 aliphatic carbocycles. The number of fused-ring (bicyclic) bond motifs is 1. The average molecular weight is 478 g/mol. The number of hydrogen-bond acceptors (Lipinski definition) is 4. The first kappa shape index (κ1) is 26.7. The second kappa shape index (κ2) is 14.4. The quantitative estimate of drug-likeness (QED) is 0.141. The van der Waals surface area contributed by atoms with Crippen molar-refractivity contribution in [2.24, 2.45) is 0 Å². The van der Waals surface area contributed by atoms with Crippen LogP contribution in [0.25, 0.3) is 0 Å². The van der Waals surface area contributed by atoms with Crippen LogP contribution in [-0.2, 0) is 4.74 Å². The molecule has 0 radical (unpaired) electrons. The first-order valence-corrected chi connectivity index (χ1v) is 13.4. The molecule has 35 heavy (non-hydrogen) atoms. The van der Waals surface area contributed by atoms with Gasteiger partial charge in [-0.25, -0.2) is 9.69 Å². The molecule has 3 rings (SSSR count). The molecule has 1 aliphatic rings. The van der Waals surface area contributed by atoms with Gasteiger partial charge < -0.3 is 4.74 Å². The largest absolute Gasteiger partial charge is 0.462 e. The van der Waals surface area contributed by atoms with Gasteiger partial charge in [0.15, 0.2) is 0 Å². The molecule has 0 spiro atoms. The SMILES string of the molecule is CCCCCCCCCCCCCCCOC(=O)c1ccc2c(c1)C(=O)N(c1ccccc1)C2=O. The lowest BCUT2D eigenvalue weighted by Gasteiger charge is -2.13. The highest BCUT2D eigenvalue weighted by Crippen LogP contribution is 2.29. The molecule has 2 aromatic carbocycles. The second-order valence-corrected chi connectivity index (χ2v) is 9.42. The molecule has 0 unspecified atom stereocenters. The Balaban J connectivity index is 1.31. The van der Waals surface area contributed by atoms with E-state index in [0.29, 0.717) is 23.4 Å². The summed E-state index contributed by atoms with van der Waals surface area (Å²) < 4.78 is 5.41. The third-order valence-electron chi connectivity index (χ3n) is 6.62. The number of hydrogen-bond donors (Lipinski definition) is 0. The van der Waals surface area contributed by atoms with Crippen LogP contribution in [0, 0.1) is 0 Å². The fraction of sp³-hybridized carbons (Fsp3) is 0.500. The van der Waals surface area contributed by atoms with Crippen molar-refractivity contribution in [1.82, 2.24) is 0 Å². The lowest BCUT2D eigenvalue weighted by atomic mass is 10.0. The first-order valence-electron chi connectivity index (χ1n) is 13.4. The standard InChI is InChI=1S/C30H39NO4/c1-2-3-4-5-6-7-8-9-10-11-12-13-17-22-35-30(34)24-20-21-26-27(23-24)29(33)31(28(26)32)25-18-15-14-16-19-25/h14-16,18-21,23H,2-13,17,22H2,1H3. The molecule has 0 atom stereocenters. The van der Waals surface area contributed by atoms with E-state index in [1.807, 2.05) is 6.07 Å². The van der Waals surface area contributed by atoms with Crippen molar-refractivity contribution in [2.75, 3.05) is 11.5 Å². The maximum Gasteiger partial charge on any atom is 0.338 e. The Morgan fingerprint density at radius 1 is 0.686 bits per heavy atom. The smallest absolute Gasteiger partial charge is 0.338 e. The van der Waals surface area contributed by atoms with Crippen LogP contribution >= 0.6 is 0 Å². The summed E-state index contributed by atoms with van der Waals surface area (Å²) in [6.07, 6.45) is 16.5. The molecule has 0 bridgehead atoms. The van der Waals surface area contributed by atoms with Gasteiger partial charge in [-0.15, -0.1) is 0 Å². The normalized spacial score (nSPS) is 12.8. The Kier molecular flexibility index (Phi) is 11.0. The van der Waals surface area contributed by atoms with Crippen LogP contribution in [0.15, 0.2) is 48.5 Å². The van der Waals surface area contributed by atoms with E-state index in [1.54, 1.807) is 36.4 Å². The van der Waals surface area contributed by atoms with Gasteiger partial charge in [-0.05, 0) is 36.8 Å². The highest BCUT2D eigenvalue weighted by Gasteiger charge is 2.37. The fourth-order valence-corrected chi connectivity index (χ4v) is 4.55. The number of benzene rings is 2. The lowest BCUT2D eigenvalue weighted by molar-refractivity contribution is 0.0497. The van der Waals surface area contributed by atoms with Gasteiger partial charge in [-0.3, -0.25) is 9.59 Å². The van der Waals surface area contributed by atoms with Crippen molar-refractivity contribution in [3.05, 3.63) is 65.2 Å². The Morgan fingerprint density at radius 3 is 1.83 bits per heavy atom. The minimum absolute atomic E-state index is 0.245. The van der Waals surface area contributed by atoms with E-state index in [0.717, 1.165) is 17.7 Å². The van der Waals surface area contributed by atoms with Gasteiger partial charge in [-0.1, -0.05) is 102 Å². The van der Waals surface area contributed by atoms with Crippen molar-refractivity contribution < 1.29 is 19.1 Å². The molecule has 0 aromatic heterocycles. The van der Waals surface area contributed by atoms with Crippen LogP contribution in [0.4, 0.5) is 5.69 Å². The number of carbonyl (C=O) groups is 3. The van der Waals surface area contributed by atoms with Crippen LogP contribution in [0.1, 0.15) is 121 Å². The van der Waals surface area contributed by atoms with Gasteiger partial charge in [0.25, 0.3) is 11.8 Å². The number of imide groups is 1. The zero-order chi connectivity index (χ0) is 24.9. The summed E-state index contributed by atoms with van der Waals surface area (Å²) in [5.74, 6) is -1.24. The van der Waals surface area contributed by atoms with Crippen molar-refractivity contribution >= 4 is 23.5 Å². The summed E-state index contributed by atoms with van der Waals surface area (Å²) >= 11 is 0. The van der Waals surface area contributed by atoms with E-state index in [9.17, 15) is 14.4 Å². The molecule has 0 saturated heterocycles. The van der Waals surface area contributed by atoms with E-state index < -0.39 is 11.9 Å². The molecule has 0 N–H and O–H groups in total. The molecular weight excluding hydrogens is 438 g/mol. The summed E-state index contributed by atoms with van der Waals surface area (Å²) in [7, 11) is 0. The highest BCUT2D eigenvalue weighted by atomic mass is 16.5. The van der Waals surface area contributed by atoms with Crippen LogP contribution in [0.3, 0.4) is 0 Å². The van der Waals surface area contributed by atoms with Crippen molar-refractivity contribution in [3.8, 4) is 0 Å². The Morgan fingerprint density at radius 2 is 1.23 bits per heavy atom. The molecule has 2 amide bonds. The van der Waals surface area contributed by atoms with E-state index in [1.165, 1.54) is 76.7 Å². The number of rotatable bonds is 16. The number of nitrogens with zero attached hydrogens (tertiary/aromatic N) is 1. The third kappa shape index (κ3) is 7.78. The maximum absolute atomic E-state index is 12.8. The molecule has 1 aliphatic heterocycles. The minimum Gasteiger partial charge on any atom is -0.462 e. The summed E-state index contributed by atoms with van der Waals surface area (Å²) in [5, 5.41) is 0. The van der Waals surface area contributed by atoms with Crippen LogP contribution in [0.5, 0.6) is 0 Å². The average Bonchev–Trinajstić information content (AvgIpc) is 3.13. The van der Waals surface area contributed by atoms with E-state index >= 15 is 0 Å². The monoisotopic (exact) mass is 477 g/mol. The number of ether oxygens (including phenoxy) is 1. The van der Waals surface area contributed by atoms with E-state index in [4.69, 9.17) is 4.74 Å². The summed E-state index contributed by atoms with van der Waals surface area (Å²) in [5.41, 5.74) is 1.38. The number of carbonyl (C=O) groups excluding carboxylic acids is 3. The van der Waals surface area contributed by atoms with E-state index in [2.05, 4.69) is 6.92 Å². The zero-order valence-electron chi connectivity index (χ0n) is 21.1. The lowest BCUT2D eigenvalue weighted by Crippen LogP contribution is -2.29. The molecule has 1 heterocycles. The number of para-hydroxylation sites is 1. The molecule has 5 nitrogen and oxygen atoms in total. The van der Waals surface area contributed by atoms with Gasteiger partial charge in [-0.2, -0.15) is 0 Å². The van der Waals surface area contributed by atoms with Crippen molar-refractivity contribution in [2.45, 2.75) is 90.4 Å². The maximum atomic E-state index is 12.8. The fourth-order valence-electron chi connectivity index (χ4n) is 4.55. The van der Waals surface area contributed by atoms with Gasteiger partial charge in [0.05, 0.1) is 29.0 Å². The number of amides is 2. The summed E-state index contributed by atoms with van der Waals surface area (Å²) in [4.78, 5) is 39.1. The van der Waals surface area contributed by atoms with Gasteiger partial charge in [0, 0.05) is 0 Å². The van der Waals surface area contributed by atoms with Crippen molar-refractivity contribution in [1.29, 1.82) is 0 Å². The molecule has 2 aromatic rings. The van der Waals surface area contributed by atoms with Gasteiger partial charge in [0.2, 0.25) is 0 Å². The van der Waals surface area contributed by atoms with E-state index in [-0.39, 0.29) is 11.5 Å². The Bertz CT molecular complexity index is 970. The molecule has 5 heteroatoms. The predicted octanol–water partition coefficient (Wildman–Crippen LogP) is 7.74. The number of unbranched alkanes of at least 4 members (excludes halogenated alkanes) is 12. The van der Waals surface area contributed by atoms with Crippen LogP contribution in [0.2, 0.25) is 0 Å². The third-order valence-corrected chi connectivity index (χ3v) is 6.62. The summed E-state index contributed by atoms with van der Waals surface area (Å²) in [6, 6.07) is 13.4. The topological polar surface area (TPSA) is 63.7 Å². The van der Waals surface area contributed by atoms with Crippen LogP contribution < -0.4 is 4.90 Å². The minimum atomic E-state index is -0.454. The molecule has 0 saturated carbocycles.